The summed E-state index contributed by atoms with van der Waals surface area (Å²) in [5, 5.41) is 8.07. The number of para-hydroxylation sites is 1. The van der Waals surface area contributed by atoms with Crippen molar-refractivity contribution in [1.82, 2.24) is 20.4 Å². The standard InChI is InChI=1S/C16H21ClN4O2.ClH/c1-3-13(22-14-7-5-4-6-11(14)17)16-19-15(20-23-16)12-10-18-8-9-21(12)2;/h4-7,12-13,18H,3,8-10H2,1-2H3;1H. The van der Waals surface area contributed by atoms with Gasteiger partial charge >= 0.3 is 0 Å². The van der Waals surface area contributed by atoms with E-state index in [1.165, 1.54) is 0 Å². The summed E-state index contributed by atoms with van der Waals surface area (Å²) < 4.78 is 11.4. The third-order valence-electron chi connectivity index (χ3n) is 4.02. The Bertz CT molecular complexity index is 653. The van der Waals surface area contributed by atoms with E-state index in [1.54, 1.807) is 6.07 Å². The molecule has 2 aromatic rings. The van der Waals surface area contributed by atoms with Crippen LogP contribution in [0.4, 0.5) is 0 Å². The summed E-state index contributed by atoms with van der Waals surface area (Å²) in [6, 6.07) is 7.51. The monoisotopic (exact) mass is 372 g/mol. The first-order valence-corrected chi connectivity index (χ1v) is 8.22. The number of hydrogen-bond acceptors (Lipinski definition) is 6. The van der Waals surface area contributed by atoms with E-state index < -0.39 is 0 Å². The molecule has 0 aliphatic carbocycles. The molecule has 1 N–H and O–H groups in total. The topological polar surface area (TPSA) is 63.4 Å². The summed E-state index contributed by atoms with van der Waals surface area (Å²) >= 11 is 6.15. The normalized spacial score (nSPS) is 19.5. The van der Waals surface area contributed by atoms with Gasteiger partial charge in [0.15, 0.2) is 11.9 Å². The third kappa shape index (κ3) is 4.19. The van der Waals surface area contributed by atoms with Crippen LogP contribution in [0.25, 0.3) is 0 Å². The van der Waals surface area contributed by atoms with E-state index in [0.29, 0.717) is 28.9 Å². The number of nitrogens with zero attached hydrogens (tertiary/aromatic N) is 3. The summed E-state index contributed by atoms with van der Waals surface area (Å²) in [4.78, 5) is 6.78. The van der Waals surface area contributed by atoms with Gasteiger partial charge in [0.1, 0.15) is 5.75 Å². The van der Waals surface area contributed by atoms with E-state index in [1.807, 2.05) is 25.1 Å². The lowest BCUT2D eigenvalue weighted by Gasteiger charge is -2.30. The Labute approximate surface area is 152 Å². The fourth-order valence-electron chi connectivity index (χ4n) is 2.61. The summed E-state index contributed by atoms with van der Waals surface area (Å²) in [5.74, 6) is 1.80. The number of halogens is 2. The fourth-order valence-corrected chi connectivity index (χ4v) is 2.79. The van der Waals surface area contributed by atoms with E-state index in [4.69, 9.17) is 20.9 Å². The average Bonchev–Trinajstić information content (AvgIpc) is 3.04. The molecule has 1 aliphatic rings. The molecular formula is C16H22Cl2N4O2. The van der Waals surface area contributed by atoms with Crippen molar-refractivity contribution in [3.63, 3.8) is 0 Å². The zero-order valence-electron chi connectivity index (χ0n) is 13.7. The summed E-state index contributed by atoms with van der Waals surface area (Å²) in [6.45, 7) is 4.77. The van der Waals surface area contributed by atoms with Crippen LogP contribution in [0.2, 0.25) is 5.02 Å². The molecule has 1 aromatic heterocycles. The molecule has 0 radical (unpaired) electrons. The van der Waals surface area contributed by atoms with Crippen LogP contribution < -0.4 is 10.1 Å². The zero-order valence-corrected chi connectivity index (χ0v) is 15.3. The number of ether oxygens (including phenoxy) is 1. The van der Waals surface area contributed by atoms with Crippen molar-refractivity contribution < 1.29 is 9.26 Å². The van der Waals surface area contributed by atoms with Crippen LogP contribution in [-0.4, -0.2) is 41.7 Å². The fraction of sp³-hybridized carbons (Fsp3) is 0.500. The first-order valence-electron chi connectivity index (χ1n) is 7.84. The van der Waals surface area contributed by atoms with Crippen molar-refractivity contribution in [2.24, 2.45) is 0 Å². The minimum atomic E-state index is -0.307. The third-order valence-corrected chi connectivity index (χ3v) is 4.33. The highest BCUT2D eigenvalue weighted by molar-refractivity contribution is 6.32. The van der Waals surface area contributed by atoms with Gasteiger partial charge < -0.3 is 14.6 Å². The first-order chi connectivity index (χ1) is 11.2. The number of aromatic nitrogens is 2. The van der Waals surface area contributed by atoms with E-state index in [0.717, 1.165) is 19.6 Å². The molecule has 1 aromatic carbocycles. The second-order valence-electron chi connectivity index (χ2n) is 5.64. The second-order valence-corrected chi connectivity index (χ2v) is 6.04. The Hall–Kier alpha value is -1.34. The van der Waals surface area contributed by atoms with Gasteiger partial charge in [-0.05, 0) is 25.6 Å². The predicted molar refractivity (Wildman–Crippen MR) is 94.9 cm³/mol. The molecule has 2 heterocycles. The van der Waals surface area contributed by atoms with Gasteiger partial charge in [0.05, 0.1) is 11.1 Å². The van der Waals surface area contributed by atoms with Gasteiger partial charge in [0.2, 0.25) is 0 Å². The Morgan fingerprint density at radius 2 is 2.25 bits per heavy atom. The minimum Gasteiger partial charge on any atom is -0.479 e. The van der Waals surface area contributed by atoms with Crippen molar-refractivity contribution in [1.29, 1.82) is 0 Å². The molecule has 1 saturated heterocycles. The lowest BCUT2D eigenvalue weighted by molar-refractivity contribution is 0.153. The molecular weight excluding hydrogens is 351 g/mol. The van der Waals surface area contributed by atoms with Crippen LogP contribution in [0.15, 0.2) is 28.8 Å². The lowest BCUT2D eigenvalue weighted by Crippen LogP contribution is -2.44. The number of hydrogen-bond donors (Lipinski definition) is 1. The summed E-state index contributed by atoms with van der Waals surface area (Å²) in [6.07, 6.45) is 0.406. The SMILES string of the molecule is CCC(Oc1ccccc1Cl)c1nc(C2CNCCN2C)no1.Cl. The predicted octanol–water partition coefficient (Wildman–Crippen LogP) is 3.25. The highest BCUT2D eigenvalue weighted by Crippen LogP contribution is 2.30. The van der Waals surface area contributed by atoms with Gasteiger partial charge in [-0.2, -0.15) is 4.98 Å². The molecule has 8 heteroatoms. The van der Waals surface area contributed by atoms with Gasteiger partial charge in [-0.1, -0.05) is 35.8 Å². The second kappa shape index (κ2) is 8.67. The van der Waals surface area contributed by atoms with Crippen LogP contribution >= 0.6 is 24.0 Å². The highest BCUT2D eigenvalue weighted by Gasteiger charge is 2.27. The summed E-state index contributed by atoms with van der Waals surface area (Å²) in [5.41, 5.74) is 0. The Kier molecular flexibility index (Phi) is 6.86. The minimum absolute atomic E-state index is 0. The zero-order chi connectivity index (χ0) is 16.2. The number of rotatable bonds is 5. The van der Waals surface area contributed by atoms with Crippen molar-refractivity contribution in [3.05, 3.63) is 41.0 Å². The van der Waals surface area contributed by atoms with Gasteiger partial charge in [0, 0.05) is 19.6 Å². The van der Waals surface area contributed by atoms with Gasteiger partial charge in [0.25, 0.3) is 5.89 Å². The van der Waals surface area contributed by atoms with E-state index >= 15 is 0 Å². The van der Waals surface area contributed by atoms with Crippen LogP contribution in [0.1, 0.15) is 37.2 Å². The number of likely N-dealkylation sites (N-methyl/N-ethyl adjacent to an activating group) is 1. The maximum Gasteiger partial charge on any atom is 0.267 e. The van der Waals surface area contributed by atoms with Crippen molar-refractivity contribution in [2.45, 2.75) is 25.5 Å². The molecule has 0 spiro atoms. The summed E-state index contributed by atoms with van der Waals surface area (Å²) in [7, 11) is 2.07. The molecule has 1 aliphatic heterocycles. The van der Waals surface area contributed by atoms with Crippen molar-refractivity contribution in [3.8, 4) is 5.75 Å². The molecule has 0 bridgehead atoms. The highest BCUT2D eigenvalue weighted by atomic mass is 35.5. The Balaban J connectivity index is 0.00000208. The lowest BCUT2D eigenvalue weighted by atomic mass is 10.2. The molecule has 24 heavy (non-hydrogen) atoms. The number of piperazine rings is 1. The first kappa shape index (κ1) is 19.0. The maximum absolute atomic E-state index is 6.15. The molecule has 0 amide bonds. The van der Waals surface area contributed by atoms with Crippen LogP contribution in [0, 0.1) is 0 Å². The van der Waals surface area contributed by atoms with E-state index in [2.05, 4.69) is 27.4 Å². The molecule has 6 nitrogen and oxygen atoms in total. The van der Waals surface area contributed by atoms with Gasteiger partial charge in [-0.3, -0.25) is 4.90 Å². The maximum atomic E-state index is 6.15. The number of benzene rings is 1. The average molecular weight is 373 g/mol. The number of nitrogens with one attached hydrogen (secondary N) is 1. The van der Waals surface area contributed by atoms with Crippen LogP contribution in [0.3, 0.4) is 0 Å². The molecule has 132 valence electrons. The van der Waals surface area contributed by atoms with Gasteiger partial charge in [-0.15, -0.1) is 12.4 Å². The van der Waals surface area contributed by atoms with E-state index in [9.17, 15) is 0 Å². The molecule has 2 unspecified atom stereocenters. The smallest absolute Gasteiger partial charge is 0.267 e. The molecule has 2 atom stereocenters. The Morgan fingerprint density at radius 3 is 2.96 bits per heavy atom. The van der Waals surface area contributed by atoms with Gasteiger partial charge in [-0.25, -0.2) is 0 Å². The quantitative estimate of drug-likeness (QED) is 0.868. The Morgan fingerprint density at radius 1 is 1.46 bits per heavy atom. The van der Waals surface area contributed by atoms with Crippen LogP contribution in [-0.2, 0) is 0 Å². The van der Waals surface area contributed by atoms with E-state index in [-0.39, 0.29) is 24.6 Å². The van der Waals surface area contributed by atoms with Crippen molar-refractivity contribution >= 4 is 24.0 Å². The molecule has 0 saturated carbocycles. The molecule has 3 rings (SSSR count). The van der Waals surface area contributed by atoms with Crippen molar-refractivity contribution in [2.75, 3.05) is 26.7 Å². The largest absolute Gasteiger partial charge is 0.479 e. The van der Waals surface area contributed by atoms with Crippen LogP contribution in [0.5, 0.6) is 5.75 Å². The molecule has 1 fully saturated rings.